The van der Waals surface area contributed by atoms with E-state index in [1.165, 1.54) is 17.6 Å². The Morgan fingerprint density at radius 3 is 2.89 bits per heavy atom. The van der Waals surface area contributed by atoms with Gasteiger partial charge in [-0.1, -0.05) is 19.1 Å². The number of hydrogen-bond acceptors (Lipinski definition) is 3. The van der Waals surface area contributed by atoms with Gasteiger partial charge in [0.1, 0.15) is 5.82 Å². The highest BCUT2D eigenvalue weighted by Crippen LogP contribution is 2.36. The van der Waals surface area contributed by atoms with E-state index in [0.29, 0.717) is 15.0 Å². The van der Waals surface area contributed by atoms with Crippen molar-refractivity contribution in [1.29, 1.82) is 0 Å². The lowest BCUT2D eigenvalue weighted by Gasteiger charge is -2.34. The molecule has 0 saturated carbocycles. The number of hydrogen-bond donors (Lipinski definition) is 1. The summed E-state index contributed by atoms with van der Waals surface area (Å²) in [6.45, 7) is 2.22. The number of halogens is 2. The van der Waals surface area contributed by atoms with Crippen LogP contribution in [0.2, 0.25) is 0 Å². The van der Waals surface area contributed by atoms with Crippen molar-refractivity contribution >= 4 is 39.5 Å². The minimum absolute atomic E-state index is 0.0841. The second-order valence-electron chi connectivity index (χ2n) is 4.73. The molecule has 1 fully saturated rings. The molecule has 106 valence electrons. The normalized spacial score (nSPS) is 25.3. The molecule has 19 heavy (non-hydrogen) atoms. The van der Waals surface area contributed by atoms with E-state index in [1.54, 1.807) is 6.07 Å². The average molecular weight is 364 g/mol. The van der Waals surface area contributed by atoms with Gasteiger partial charge >= 0.3 is 0 Å². The molecule has 0 radical (unpaired) electrons. The second-order valence-corrected chi connectivity index (χ2v) is 8.16. The summed E-state index contributed by atoms with van der Waals surface area (Å²) >= 11 is 7.33. The van der Waals surface area contributed by atoms with Crippen molar-refractivity contribution in [3.63, 3.8) is 0 Å². The topological polar surface area (TPSA) is 26.0 Å². The molecule has 0 aliphatic carbocycles. The zero-order chi connectivity index (χ0) is 13.8. The van der Waals surface area contributed by atoms with E-state index in [2.05, 4.69) is 22.9 Å². The third-order valence-corrected chi connectivity index (χ3v) is 7.72. The largest absolute Gasteiger partial charge is 0.326 e. The van der Waals surface area contributed by atoms with Crippen molar-refractivity contribution in [3.05, 3.63) is 34.1 Å². The summed E-state index contributed by atoms with van der Waals surface area (Å²) in [4.78, 5) is 0. The minimum Gasteiger partial charge on any atom is -0.326 e. The summed E-state index contributed by atoms with van der Waals surface area (Å²) in [6, 6.07) is 5.26. The van der Waals surface area contributed by atoms with E-state index < -0.39 is 0 Å². The summed E-state index contributed by atoms with van der Waals surface area (Å²) < 4.78 is 14.1. The van der Waals surface area contributed by atoms with Gasteiger partial charge in [0.2, 0.25) is 0 Å². The number of thioether (sulfide) groups is 2. The first-order valence-corrected chi connectivity index (χ1v) is 9.44. The van der Waals surface area contributed by atoms with E-state index in [1.807, 2.05) is 29.6 Å². The molecule has 3 unspecified atom stereocenters. The van der Waals surface area contributed by atoms with Gasteiger partial charge < -0.3 is 5.73 Å². The Balaban J connectivity index is 2.07. The van der Waals surface area contributed by atoms with Crippen molar-refractivity contribution in [1.82, 2.24) is 0 Å². The van der Waals surface area contributed by atoms with Crippen molar-refractivity contribution in [3.8, 4) is 0 Å². The molecule has 3 atom stereocenters. The van der Waals surface area contributed by atoms with Crippen LogP contribution in [0.1, 0.15) is 18.9 Å². The van der Waals surface area contributed by atoms with Gasteiger partial charge in [0.05, 0.1) is 4.47 Å². The van der Waals surface area contributed by atoms with E-state index >= 15 is 0 Å². The lowest BCUT2D eigenvalue weighted by Crippen LogP contribution is -2.43. The molecule has 1 heterocycles. The fourth-order valence-electron chi connectivity index (χ4n) is 2.41. The zero-order valence-electron chi connectivity index (χ0n) is 10.9. The SMILES string of the molecule is CCC1SCCSC1C(N)Cc1cccc(F)c1Br. The van der Waals surface area contributed by atoms with Crippen molar-refractivity contribution < 1.29 is 4.39 Å². The molecule has 5 heteroatoms. The number of benzene rings is 1. The predicted molar refractivity (Wildman–Crippen MR) is 88.6 cm³/mol. The maximum absolute atomic E-state index is 13.5. The van der Waals surface area contributed by atoms with Gasteiger partial charge in [-0.15, -0.1) is 0 Å². The molecular weight excluding hydrogens is 345 g/mol. The standard InChI is InChI=1S/C14H19BrFNS2/c1-2-12-14(19-7-6-18-12)11(17)8-9-4-3-5-10(16)13(9)15/h3-5,11-12,14H,2,6-8,17H2,1H3. The molecule has 2 rings (SSSR count). The van der Waals surface area contributed by atoms with E-state index in [-0.39, 0.29) is 11.9 Å². The van der Waals surface area contributed by atoms with Gasteiger partial charge in [0.15, 0.2) is 0 Å². The molecule has 2 N–H and O–H groups in total. The maximum atomic E-state index is 13.5. The summed E-state index contributed by atoms with van der Waals surface area (Å²) in [7, 11) is 0. The Bertz CT molecular complexity index is 430. The fourth-order valence-corrected chi connectivity index (χ4v) is 6.03. The molecule has 1 nitrogen and oxygen atoms in total. The first kappa shape index (κ1) is 15.7. The van der Waals surface area contributed by atoms with Crippen LogP contribution in [0, 0.1) is 5.82 Å². The minimum atomic E-state index is -0.206. The highest BCUT2D eigenvalue weighted by molar-refractivity contribution is 9.10. The highest BCUT2D eigenvalue weighted by atomic mass is 79.9. The monoisotopic (exact) mass is 363 g/mol. The molecule has 1 aromatic carbocycles. The van der Waals surface area contributed by atoms with Crippen LogP contribution in [0.4, 0.5) is 4.39 Å². The van der Waals surface area contributed by atoms with E-state index in [0.717, 1.165) is 18.4 Å². The van der Waals surface area contributed by atoms with Gasteiger partial charge in [-0.25, -0.2) is 4.39 Å². The van der Waals surface area contributed by atoms with Gasteiger partial charge in [-0.05, 0) is 40.4 Å². The third kappa shape index (κ3) is 3.90. The molecule has 1 aliphatic rings. The smallest absolute Gasteiger partial charge is 0.137 e. The lowest BCUT2D eigenvalue weighted by molar-refractivity contribution is 0.586. The third-order valence-electron chi connectivity index (χ3n) is 3.40. The van der Waals surface area contributed by atoms with Gasteiger partial charge in [-0.3, -0.25) is 0 Å². The Morgan fingerprint density at radius 1 is 1.42 bits per heavy atom. The predicted octanol–water partition coefficient (Wildman–Crippen LogP) is 4.09. The van der Waals surface area contributed by atoms with Crippen LogP contribution in [-0.2, 0) is 6.42 Å². The van der Waals surface area contributed by atoms with Crippen LogP contribution in [0.25, 0.3) is 0 Å². The molecule has 0 amide bonds. The Hall–Kier alpha value is 0.290. The molecule has 0 aromatic heterocycles. The van der Waals surface area contributed by atoms with Gasteiger partial charge in [0, 0.05) is 28.0 Å². The first-order chi connectivity index (χ1) is 9.13. The molecule has 0 bridgehead atoms. The van der Waals surface area contributed by atoms with Gasteiger partial charge in [0.25, 0.3) is 0 Å². The van der Waals surface area contributed by atoms with Crippen LogP contribution in [0.3, 0.4) is 0 Å². The quantitative estimate of drug-likeness (QED) is 0.872. The second kappa shape index (κ2) is 7.34. The fraction of sp³-hybridized carbons (Fsp3) is 0.571. The van der Waals surface area contributed by atoms with Crippen LogP contribution in [0.15, 0.2) is 22.7 Å². The molecule has 1 aliphatic heterocycles. The summed E-state index contributed by atoms with van der Waals surface area (Å²) in [5.74, 6) is 2.18. The Kier molecular flexibility index (Phi) is 6.06. The summed E-state index contributed by atoms with van der Waals surface area (Å²) in [5, 5.41) is 1.10. The van der Waals surface area contributed by atoms with Gasteiger partial charge in [-0.2, -0.15) is 23.5 Å². The Labute approximate surface area is 131 Å². The van der Waals surface area contributed by atoms with Crippen molar-refractivity contribution in [2.75, 3.05) is 11.5 Å². The lowest BCUT2D eigenvalue weighted by atomic mass is 10.0. The Morgan fingerprint density at radius 2 is 2.16 bits per heavy atom. The molecule has 1 saturated heterocycles. The first-order valence-electron chi connectivity index (χ1n) is 6.55. The number of rotatable bonds is 4. The van der Waals surface area contributed by atoms with Crippen LogP contribution in [-0.4, -0.2) is 28.0 Å². The van der Waals surface area contributed by atoms with E-state index in [4.69, 9.17) is 5.73 Å². The van der Waals surface area contributed by atoms with Crippen LogP contribution < -0.4 is 5.73 Å². The highest BCUT2D eigenvalue weighted by Gasteiger charge is 2.30. The van der Waals surface area contributed by atoms with E-state index in [9.17, 15) is 4.39 Å². The number of nitrogens with two attached hydrogens (primary N) is 1. The summed E-state index contributed by atoms with van der Waals surface area (Å²) in [5.41, 5.74) is 7.36. The van der Waals surface area contributed by atoms with Crippen LogP contribution >= 0.6 is 39.5 Å². The molecule has 1 aromatic rings. The van der Waals surface area contributed by atoms with Crippen LogP contribution in [0.5, 0.6) is 0 Å². The summed E-state index contributed by atoms with van der Waals surface area (Å²) in [6.07, 6.45) is 1.88. The molecular formula is C14H19BrFNS2. The zero-order valence-corrected chi connectivity index (χ0v) is 14.2. The van der Waals surface area contributed by atoms with Crippen molar-refractivity contribution in [2.24, 2.45) is 5.73 Å². The van der Waals surface area contributed by atoms with Crippen molar-refractivity contribution in [2.45, 2.75) is 36.3 Å². The maximum Gasteiger partial charge on any atom is 0.137 e. The molecule has 0 spiro atoms. The average Bonchev–Trinajstić information content (AvgIpc) is 2.43.